The van der Waals surface area contributed by atoms with Crippen molar-refractivity contribution in [3.8, 4) is 0 Å². The summed E-state index contributed by atoms with van der Waals surface area (Å²) < 4.78 is 13.0. The van der Waals surface area contributed by atoms with Gasteiger partial charge in [0.15, 0.2) is 5.16 Å². The van der Waals surface area contributed by atoms with E-state index in [2.05, 4.69) is 13.8 Å². The van der Waals surface area contributed by atoms with Gasteiger partial charge in [0.2, 0.25) is 0 Å². The molecular formula is C25H26N2O4S2. The standard InChI is InChI=1S/C25H26N2O4S2/c1-4-18-15(3)33-23-22(18)24(29)27(12-17-6-5-9-30-17)25(26-23)32-13-16-11-21(28)31-20-10-14(2)7-8-19(16)20/h7-8,10-11,17H,4-6,9,12-13H2,1-3H3. The molecular weight excluding hydrogens is 456 g/mol. The van der Waals surface area contributed by atoms with Crippen molar-refractivity contribution in [2.45, 2.75) is 63.6 Å². The second kappa shape index (κ2) is 9.08. The molecule has 1 saturated heterocycles. The number of hydrogen-bond donors (Lipinski definition) is 0. The fourth-order valence-corrected chi connectivity index (χ4v) is 6.67. The Morgan fingerprint density at radius 3 is 2.85 bits per heavy atom. The molecule has 1 aromatic carbocycles. The predicted octanol–water partition coefficient (Wildman–Crippen LogP) is 5.21. The van der Waals surface area contributed by atoms with Gasteiger partial charge in [-0.3, -0.25) is 9.36 Å². The number of aryl methyl sites for hydroxylation is 3. The zero-order valence-electron chi connectivity index (χ0n) is 19.0. The maximum atomic E-state index is 13.6. The van der Waals surface area contributed by atoms with Crippen molar-refractivity contribution in [1.82, 2.24) is 9.55 Å². The lowest BCUT2D eigenvalue weighted by atomic mass is 10.1. The first-order valence-electron chi connectivity index (χ1n) is 11.2. The van der Waals surface area contributed by atoms with E-state index in [-0.39, 0.29) is 17.3 Å². The Balaban J connectivity index is 1.58. The van der Waals surface area contributed by atoms with Crippen LogP contribution in [-0.2, 0) is 23.5 Å². The van der Waals surface area contributed by atoms with Gasteiger partial charge in [0, 0.05) is 28.7 Å². The zero-order chi connectivity index (χ0) is 23.1. The van der Waals surface area contributed by atoms with Gasteiger partial charge < -0.3 is 9.15 Å². The number of thioether (sulfide) groups is 1. The van der Waals surface area contributed by atoms with Gasteiger partial charge in [-0.05, 0) is 55.9 Å². The van der Waals surface area contributed by atoms with Crippen molar-refractivity contribution >= 4 is 44.3 Å². The van der Waals surface area contributed by atoms with Gasteiger partial charge in [0.05, 0.1) is 18.0 Å². The molecule has 0 radical (unpaired) electrons. The van der Waals surface area contributed by atoms with Crippen molar-refractivity contribution in [2.24, 2.45) is 0 Å². The lowest BCUT2D eigenvalue weighted by Crippen LogP contribution is -2.29. The minimum Gasteiger partial charge on any atom is -0.423 e. The molecule has 6 nitrogen and oxygen atoms in total. The van der Waals surface area contributed by atoms with E-state index in [9.17, 15) is 9.59 Å². The summed E-state index contributed by atoms with van der Waals surface area (Å²) in [4.78, 5) is 32.7. The molecule has 0 amide bonds. The van der Waals surface area contributed by atoms with Crippen molar-refractivity contribution in [3.63, 3.8) is 0 Å². The molecule has 1 aliphatic rings. The summed E-state index contributed by atoms with van der Waals surface area (Å²) in [5.41, 5.74) is 3.22. The molecule has 3 aromatic heterocycles. The molecule has 4 heterocycles. The number of ether oxygens (including phenoxy) is 1. The summed E-state index contributed by atoms with van der Waals surface area (Å²) >= 11 is 3.06. The fourth-order valence-electron chi connectivity index (χ4n) is 4.52. The molecule has 0 aliphatic carbocycles. The van der Waals surface area contributed by atoms with Crippen LogP contribution >= 0.6 is 23.1 Å². The van der Waals surface area contributed by atoms with Crippen LogP contribution in [0, 0.1) is 13.8 Å². The summed E-state index contributed by atoms with van der Waals surface area (Å²) in [6, 6.07) is 7.41. The van der Waals surface area contributed by atoms with Crippen LogP contribution in [0.3, 0.4) is 0 Å². The van der Waals surface area contributed by atoms with E-state index in [1.807, 2.05) is 25.1 Å². The lowest BCUT2D eigenvalue weighted by Gasteiger charge is -2.16. The summed E-state index contributed by atoms with van der Waals surface area (Å²) in [5, 5.41) is 2.31. The summed E-state index contributed by atoms with van der Waals surface area (Å²) in [7, 11) is 0. The molecule has 1 atom stereocenters. The SMILES string of the molecule is CCc1c(C)sc2nc(SCc3cc(=O)oc4cc(C)ccc34)n(CC3CCCO3)c(=O)c12. The average Bonchev–Trinajstić information content (AvgIpc) is 3.40. The molecule has 172 valence electrons. The third-order valence-corrected chi connectivity index (χ3v) is 8.25. The molecule has 0 spiro atoms. The van der Waals surface area contributed by atoms with Crippen LogP contribution in [0.1, 0.15) is 41.3 Å². The van der Waals surface area contributed by atoms with Crippen LogP contribution in [0.25, 0.3) is 21.2 Å². The molecule has 8 heteroatoms. The molecule has 1 aliphatic heterocycles. The minimum atomic E-state index is -0.370. The van der Waals surface area contributed by atoms with Gasteiger partial charge in [-0.1, -0.05) is 30.8 Å². The largest absolute Gasteiger partial charge is 0.423 e. The summed E-state index contributed by atoms with van der Waals surface area (Å²) in [6.45, 7) is 7.34. The molecule has 5 rings (SSSR count). The van der Waals surface area contributed by atoms with Crippen LogP contribution in [0.15, 0.2) is 43.4 Å². The number of nitrogens with zero attached hydrogens (tertiary/aromatic N) is 2. The Morgan fingerprint density at radius 2 is 2.09 bits per heavy atom. The Bertz CT molecular complexity index is 1460. The van der Waals surface area contributed by atoms with Gasteiger partial charge in [0.25, 0.3) is 5.56 Å². The highest BCUT2D eigenvalue weighted by molar-refractivity contribution is 7.98. The Hall–Kier alpha value is -2.42. The number of thiophene rings is 1. The van der Waals surface area contributed by atoms with E-state index < -0.39 is 0 Å². The van der Waals surface area contributed by atoms with E-state index in [0.29, 0.717) is 23.0 Å². The Morgan fingerprint density at radius 1 is 1.24 bits per heavy atom. The van der Waals surface area contributed by atoms with E-state index >= 15 is 0 Å². The van der Waals surface area contributed by atoms with Gasteiger partial charge in [0.1, 0.15) is 10.4 Å². The fraction of sp³-hybridized carbons (Fsp3) is 0.400. The molecule has 4 aromatic rings. The Labute approximate surface area is 199 Å². The van der Waals surface area contributed by atoms with E-state index in [1.165, 1.54) is 17.8 Å². The van der Waals surface area contributed by atoms with Gasteiger partial charge in [-0.25, -0.2) is 9.78 Å². The topological polar surface area (TPSA) is 74.3 Å². The third kappa shape index (κ3) is 4.27. The average molecular weight is 483 g/mol. The molecule has 1 unspecified atom stereocenters. The van der Waals surface area contributed by atoms with Gasteiger partial charge in [-0.15, -0.1) is 11.3 Å². The smallest absolute Gasteiger partial charge is 0.336 e. The van der Waals surface area contributed by atoms with E-state index in [0.717, 1.165) is 63.0 Å². The second-order valence-corrected chi connectivity index (χ2v) is 10.6. The van der Waals surface area contributed by atoms with Crippen molar-refractivity contribution in [2.75, 3.05) is 6.61 Å². The second-order valence-electron chi connectivity index (χ2n) is 8.49. The normalized spacial score (nSPS) is 16.3. The highest BCUT2D eigenvalue weighted by Gasteiger charge is 2.23. The first-order chi connectivity index (χ1) is 15.9. The molecule has 33 heavy (non-hydrogen) atoms. The van der Waals surface area contributed by atoms with Crippen molar-refractivity contribution in [3.05, 3.63) is 66.6 Å². The molecule has 0 saturated carbocycles. The maximum Gasteiger partial charge on any atom is 0.336 e. The van der Waals surface area contributed by atoms with Gasteiger partial charge in [-0.2, -0.15) is 0 Å². The number of benzene rings is 1. The van der Waals surface area contributed by atoms with E-state index in [1.54, 1.807) is 15.9 Å². The van der Waals surface area contributed by atoms with E-state index in [4.69, 9.17) is 14.1 Å². The third-order valence-electron chi connectivity index (χ3n) is 6.18. The first kappa shape index (κ1) is 22.4. The highest BCUT2D eigenvalue weighted by Crippen LogP contribution is 2.32. The number of hydrogen-bond acceptors (Lipinski definition) is 7. The summed E-state index contributed by atoms with van der Waals surface area (Å²) in [5.74, 6) is 0.514. The Kier molecular flexibility index (Phi) is 6.16. The zero-order valence-corrected chi connectivity index (χ0v) is 20.6. The van der Waals surface area contributed by atoms with Crippen LogP contribution in [0.4, 0.5) is 0 Å². The van der Waals surface area contributed by atoms with Crippen LogP contribution in [0.2, 0.25) is 0 Å². The predicted molar refractivity (Wildman–Crippen MR) is 134 cm³/mol. The minimum absolute atomic E-state index is 0.00672. The summed E-state index contributed by atoms with van der Waals surface area (Å²) in [6.07, 6.45) is 2.79. The van der Waals surface area contributed by atoms with Crippen LogP contribution in [-0.4, -0.2) is 22.3 Å². The maximum absolute atomic E-state index is 13.6. The highest BCUT2D eigenvalue weighted by atomic mass is 32.2. The van der Waals surface area contributed by atoms with Crippen LogP contribution < -0.4 is 11.2 Å². The molecule has 1 fully saturated rings. The molecule has 0 N–H and O–H groups in total. The number of rotatable bonds is 6. The van der Waals surface area contributed by atoms with Gasteiger partial charge >= 0.3 is 5.63 Å². The van der Waals surface area contributed by atoms with Crippen molar-refractivity contribution < 1.29 is 9.15 Å². The molecule has 0 bridgehead atoms. The monoisotopic (exact) mass is 482 g/mol. The quantitative estimate of drug-likeness (QED) is 0.213. The number of aromatic nitrogens is 2. The van der Waals surface area contributed by atoms with Crippen LogP contribution in [0.5, 0.6) is 0 Å². The first-order valence-corrected chi connectivity index (χ1v) is 13.1. The van der Waals surface area contributed by atoms with Crippen molar-refractivity contribution in [1.29, 1.82) is 0 Å². The number of fused-ring (bicyclic) bond motifs is 2. The lowest BCUT2D eigenvalue weighted by molar-refractivity contribution is 0.0937.